The van der Waals surface area contributed by atoms with Crippen LogP contribution in [0, 0.1) is 6.92 Å². The maximum atomic E-state index is 12.8. The highest BCUT2D eigenvalue weighted by Gasteiger charge is 2.21. The van der Waals surface area contributed by atoms with Crippen LogP contribution in [-0.2, 0) is 29.7 Å². The number of aromatic nitrogens is 2. The van der Waals surface area contributed by atoms with Gasteiger partial charge in [0.05, 0.1) is 22.8 Å². The molecule has 146 valence electrons. The maximum absolute atomic E-state index is 12.8. The Balaban J connectivity index is 1.53. The molecule has 0 atom stereocenters. The molecule has 0 saturated carbocycles. The largest absolute Gasteiger partial charge is 0.385 e. The molecule has 1 aliphatic rings. The number of fused-ring (bicyclic) bond motifs is 1. The summed E-state index contributed by atoms with van der Waals surface area (Å²) >= 11 is 1.55. The molecule has 0 aliphatic carbocycles. The lowest BCUT2D eigenvalue weighted by atomic mass is 10.2. The number of nitrogens with one attached hydrogen (secondary N) is 1. The molecule has 1 aliphatic heterocycles. The van der Waals surface area contributed by atoms with Crippen LogP contribution in [0.25, 0.3) is 6.08 Å². The van der Waals surface area contributed by atoms with E-state index >= 15 is 0 Å². The molecule has 3 aromatic rings. The number of nitrogens with zero attached hydrogens (tertiary/aromatic N) is 3. The fourth-order valence-corrected chi connectivity index (χ4v) is 5.28. The summed E-state index contributed by atoms with van der Waals surface area (Å²) < 4.78 is 29.2. The molecule has 1 aromatic carbocycles. The van der Waals surface area contributed by atoms with Gasteiger partial charge in [0.15, 0.2) is 0 Å². The summed E-state index contributed by atoms with van der Waals surface area (Å²) in [6.45, 7) is 3.75. The van der Waals surface area contributed by atoms with E-state index in [1.165, 1.54) is 4.31 Å². The SMILES string of the molecule is Cc1nc2c(n1Cc1ccc(S(=O)(=O)N(C)Cc3cccs3)cc1)C=CNC2. The topological polar surface area (TPSA) is 67.2 Å². The van der Waals surface area contributed by atoms with Crippen molar-refractivity contribution in [2.75, 3.05) is 7.05 Å². The third kappa shape index (κ3) is 3.63. The Bertz CT molecular complexity index is 1100. The van der Waals surface area contributed by atoms with Crippen LogP contribution in [0.2, 0.25) is 0 Å². The molecule has 28 heavy (non-hydrogen) atoms. The van der Waals surface area contributed by atoms with Gasteiger partial charge < -0.3 is 9.88 Å². The first-order chi connectivity index (χ1) is 13.4. The second-order valence-corrected chi connectivity index (χ2v) is 9.85. The van der Waals surface area contributed by atoms with Gasteiger partial charge in [-0.05, 0) is 48.3 Å². The summed E-state index contributed by atoms with van der Waals surface area (Å²) in [5.41, 5.74) is 3.17. The van der Waals surface area contributed by atoms with Crippen molar-refractivity contribution in [3.8, 4) is 0 Å². The molecular formula is C20H22N4O2S2. The number of hydrogen-bond donors (Lipinski definition) is 1. The van der Waals surface area contributed by atoms with Gasteiger partial charge in [-0.3, -0.25) is 0 Å². The monoisotopic (exact) mass is 414 g/mol. The Hall–Kier alpha value is -2.42. The number of aryl methyl sites for hydroxylation is 1. The number of thiophene rings is 1. The maximum Gasteiger partial charge on any atom is 0.243 e. The second kappa shape index (κ2) is 7.54. The molecule has 3 heterocycles. The lowest BCUT2D eigenvalue weighted by molar-refractivity contribution is 0.469. The normalized spacial score (nSPS) is 13.5. The molecule has 6 nitrogen and oxygen atoms in total. The van der Waals surface area contributed by atoms with Crippen LogP contribution in [0.15, 0.2) is 52.9 Å². The Labute approximate surface area is 169 Å². The van der Waals surface area contributed by atoms with E-state index in [4.69, 9.17) is 0 Å². The first kappa shape index (κ1) is 18.9. The van der Waals surface area contributed by atoms with Crippen molar-refractivity contribution in [1.82, 2.24) is 19.2 Å². The van der Waals surface area contributed by atoms with Crippen molar-refractivity contribution < 1.29 is 8.42 Å². The fourth-order valence-electron chi connectivity index (χ4n) is 3.29. The summed E-state index contributed by atoms with van der Waals surface area (Å²) in [5.74, 6) is 0.950. The molecule has 0 saturated heterocycles. The van der Waals surface area contributed by atoms with Crippen molar-refractivity contribution in [3.05, 3.63) is 75.6 Å². The van der Waals surface area contributed by atoms with Crippen LogP contribution in [0.3, 0.4) is 0 Å². The van der Waals surface area contributed by atoms with Crippen molar-refractivity contribution in [2.24, 2.45) is 0 Å². The van der Waals surface area contributed by atoms with Crippen LogP contribution in [0.5, 0.6) is 0 Å². The molecular weight excluding hydrogens is 392 g/mol. The van der Waals surface area contributed by atoms with Crippen LogP contribution in [0.1, 0.15) is 27.7 Å². The van der Waals surface area contributed by atoms with Gasteiger partial charge in [0.25, 0.3) is 0 Å². The number of hydrogen-bond acceptors (Lipinski definition) is 5. The van der Waals surface area contributed by atoms with Gasteiger partial charge >= 0.3 is 0 Å². The average molecular weight is 415 g/mol. The molecule has 8 heteroatoms. The Morgan fingerprint density at radius 1 is 1.25 bits per heavy atom. The molecule has 1 N–H and O–H groups in total. The zero-order valence-electron chi connectivity index (χ0n) is 15.8. The van der Waals surface area contributed by atoms with Gasteiger partial charge in [0, 0.05) is 25.0 Å². The molecule has 0 spiro atoms. The summed E-state index contributed by atoms with van der Waals surface area (Å²) in [6.07, 6.45) is 3.95. The minimum atomic E-state index is -3.51. The van der Waals surface area contributed by atoms with E-state index in [-0.39, 0.29) is 0 Å². The first-order valence-corrected chi connectivity index (χ1v) is 11.3. The Morgan fingerprint density at radius 2 is 2.04 bits per heavy atom. The smallest absolute Gasteiger partial charge is 0.243 e. The minimum Gasteiger partial charge on any atom is -0.385 e. The highest BCUT2D eigenvalue weighted by molar-refractivity contribution is 7.89. The fraction of sp³-hybridized carbons (Fsp3) is 0.250. The van der Waals surface area contributed by atoms with Crippen molar-refractivity contribution in [1.29, 1.82) is 0 Å². The van der Waals surface area contributed by atoms with Gasteiger partial charge in [0.2, 0.25) is 10.0 Å². The lowest BCUT2D eigenvalue weighted by Crippen LogP contribution is -2.26. The lowest BCUT2D eigenvalue weighted by Gasteiger charge is -2.17. The third-order valence-corrected chi connectivity index (χ3v) is 7.51. The van der Waals surface area contributed by atoms with Gasteiger partial charge in [-0.15, -0.1) is 11.3 Å². The van der Waals surface area contributed by atoms with E-state index in [0.29, 0.717) is 18.0 Å². The molecule has 4 rings (SSSR count). The van der Waals surface area contributed by atoms with Crippen LogP contribution in [0.4, 0.5) is 0 Å². The van der Waals surface area contributed by atoms with E-state index in [0.717, 1.165) is 34.2 Å². The zero-order valence-corrected chi connectivity index (χ0v) is 17.4. The van der Waals surface area contributed by atoms with Gasteiger partial charge in [-0.25, -0.2) is 13.4 Å². The van der Waals surface area contributed by atoms with Crippen molar-refractivity contribution >= 4 is 27.4 Å². The summed E-state index contributed by atoms with van der Waals surface area (Å²) in [4.78, 5) is 5.94. The third-order valence-electron chi connectivity index (χ3n) is 4.83. The quantitative estimate of drug-likeness (QED) is 0.673. The van der Waals surface area contributed by atoms with E-state index < -0.39 is 10.0 Å². The van der Waals surface area contributed by atoms with Crippen molar-refractivity contribution in [3.63, 3.8) is 0 Å². The second-order valence-electron chi connectivity index (χ2n) is 6.78. The summed E-state index contributed by atoms with van der Waals surface area (Å²) in [5, 5.41) is 5.12. The molecule has 2 aromatic heterocycles. The molecule has 0 bridgehead atoms. The van der Waals surface area contributed by atoms with E-state index in [1.807, 2.05) is 48.8 Å². The number of sulfonamides is 1. The molecule has 0 radical (unpaired) electrons. The first-order valence-electron chi connectivity index (χ1n) is 8.99. The van der Waals surface area contributed by atoms with Crippen LogP contribution >= 0.6 is 11.3 Å². The minimum absolute atomic E-state index is 0.309. The van der Waals surface area contributed by atoms with Crippen molar-refractivity contribution in [2.45, 2.75) is 31.5 Å². The number of benzene rings is 1. The van der Waals surface area contributed by atoms with Crippen LogP contribution in [-0.4, -0.2) is 29.3 Å². The molecule has 0 amide bonds. The predicted molar refractivity (Wildman–Crippen MR) is 111 cm³/mol. The highest BCUT2D eigenvalue weighted by Crippen LogP contribution is 2.22. The summed E-state index contributed by atoms with van der Waals surface area (Å²) in [7, 11) is -1.90. The van der Waals surface area contributed by atoms with Crippen LogP contribution < -0.4 is 5.32 Å². The van der Waals surface area contributed by atoms with E-state index in [2.05, 4.69) is 14.9 Å². The van der Waals surface area contributed by atoms with Gasteiger partial charge in [-0.2, -0.15) is 4.31 Å². The highest BCUT2D eigenvalue weighted by atomic mass is 32.2. The summed E-state index contributed by atoms with van der Waals surface area (Å²) in [6, 6.07) is 11.0. The van der Waals surface area contributed by atoms with Gasteiger partial charge in [-0.1, -0.05) is 18.2 Å². The zero-order chi connectivity index (χ0) is 19.7. The molecule has 0 fully saturated rings. The van der Waals surface area contributed by atoms with E-state index in [9.17, 15) is 8.42 Å². The Kier molecular flexibility index (Phi) is 5.09. The van der Waals surface area contributed by atoms with Gasteiger partial charge in [0.1, 0.15) is 5.82 Å². The number of rotatable bonds is 6. The van der Waals surface area contributed by atoms with E-state index in [1.54, 1.807) is 30.5 Å². The average Bonchev–Trinajstić information content (AvgIpc) is 3.30. The predicted octanol–water partition coefficient (Wildman–Crippen LogP) is 3.20. The number of imidazole rings is 1. The molecule has 0 unspecified atom stereocenters. The standard InChI is InChI=1S/C20H22N4O2S2/c1-15-22-19-12-21-10-9-20(19)24(15)13-16-5-7-18(8-6-16)28(25,26)23(2)14-17-4-3-11-27-17/h3-11,21H,12-14H2,1-2H3. The Morgan fingerprint density at radius 3 is 2.75 bits per heavy atom.